The van der Waals surface area contributed by atoms with Crippen LogP contribution >= 0.6 is 0 Å². The second-order valence-electron chi connectivity index (χ2n) is 10.0. The molecule has 4 nitrogen and oxygen atoms in total. The van der Waals surface area contributed by atoms with Crippen LogP contribution in [0.2, 0.25) is 0 Å². The van der Waals surface area contributed by atoms with Crippen molar-refractivity contribution in [2.24, 2.45) is 5.92 Å². The second-order valence-corrected chi connectivity index (χ2v) is 10.0. The molecule has 5 rings (SSSR count). The van der Waals surface area contributed by atoms with Crippen molar-refractivity contribution in [2.45, 2.75) is 39.4 Å². The van der Waals surface area contributed by atoms with E-state index in [-0.39, 0.29) is 11.8 Å². The van der Waals surface area contributed by atoms with E-state index in [1.54, 1.807) is 0 Å². The minimum Gasteiger partial charge on any atom is -0.341 e. The zero-order valence-corrected chi connectivity index (χ0v) is 20.9. The molecule has 35 heavy (non-hydrogen) atoms. The molecule has 4 heteroatoms. The van der Waals surface area contributed by atoms with Crippen LogP contribution in [0, 0.1) is 12.8 Å². The predicted octanol–water partition coefficient (Wildman–Crippen LogP) is 5.87. The van der Waals surface area contributed by atoms with Crippen LogP contribution in [-0.2, 0) is 24.4 Å². The second kappa shape index (κ2) is 10.5. The minimum atomic E-state index is 0.123. The van der Waals surface area contributed by atoms with E-state index in [0.717, 1.165) is 39.0 Å². The fraction of sp³-hybridized carbons (Fsp3) is 0.323. The SMILES string of the molecule is Cc1cccc(Cn2c(CN3CCC(C(=O)N(C)Cc4ccccc4)CC3)cc3ccccc32)c1. The molecule has 2 heterocycles. The van der Waals surface area contributed by atoms with Crippen molar-refractivity contribution in [2.75, 3.05) is 20.1 Å². The Morgan fingerprint density at radius 1 is 0.857 bits per heavy atom. The Morgan fingerprint density at radius 2 is 1.57 bits per heavy atom. The quantitative estimate of drug-likeness (QED) is 0.342. The molecule has 1 fully saturated rings. The van der Waals surface area contributed by atoms with Crippen LogP contribution in [0.5, 0.6) is 0 Å². The first-order valence-electron chi connectivity index (χ1n) is 12.7. The molecule has 0 bridgehead atoms. The number of piperidine rings is 1. The predicted molar refractivity (Wildman–Crippen MR) is 143 cm³/mol. The van der Waals surface area contributed by atoms with E-state index in [9.17, 15) is 4.79 Å². The molecular formula is C31H35N3O. The molecule has 4 aromatic rings. The number of amides is 1. The number of nitrogens with zero attached hydrogens (tertiary/aromatic N) is 3. The molecule has 0 aliphatic carbocycles. The molecule has 1 aliphatic heterocycles. The first-order valence-corrected chi connectivity index (χ1v) is 12.7. The maximum Gasteiger partial charge on any atom is 0.225 e. The number of aryl methyl sites for hydroxylation is 1. The van der Waals surface area contributed by atoms with Crippen LogP contribution in [0.25, 0.3) is 10.9 Å². The zero-order valence-electron chi connectivity index (χ0n) is 20.9. The van der Waals surface area contributed by atoms with Crippen molar-refractivity contribution in [1.29, 1.82) is 0 Å². The molecule has 180 valence electrons. The lowest BCUT2D eigenvalue weighted by atomic mass is 9.95. The maximum atomic E-state index is 13.1. The number of likely N-dealkylation sites (tertiary alicyclic amines) is 1. The van der Waals surface area contributed by atoms with Gasteiger partial charge in [-0.05, 0) is 61.5 Å². The molecule has 0 unspecified atom stereocenters. The molecule has 0 spiro atoms. The lowest BCUT2D eigenvalue weighted by Gasteiger charge is -2.33. The molecule has 1 saturated heterocycles. The number of fused-ring (bicyclic) bond motifs is 1. The Hall–Kier alpha value is -3.37. The molecule has 1 aromatic heterocycles. The first-order chi connectivity index (χ1) is 17.1. The summed E-state index contributed by atoms with van der Waals surface area (Å²) < 4.78 is 2.47. The normalized spacial score (nSPS) is 14.9. The van der Waals surface area contributed by atoms with E-state index in [0.29, 0.717) is 6.54 Å². The van der Waals surface area contributed by atoms with E-state index >= 15 is 0 Å². The number of hydrogen-bond acceptors (Lipinski definition) is 2. The van der Waals surface area contributed by atoms with Crippen molar-refractivity contribution >= 4 is 16.8 Å². The highest BCUT2D eigenvalue weighted by Crippen LogP contribution is 2.26. The standard InChI is InChI=1S/C31H35N3O/c1-24-9-8-12-26(19-24)22-34-29(20-28-13-6-7-14-30(28)34)23-33-17-15-27(16-18-33)31(35)32(2)21-25-10-4-3-5-11-25/h3-14,19-20,27H,15-18,21-23H2,1-2H3. The molecule has 0 saturated carbocycles. The fourth-order valence-electron chi connectivity index (χ4n) is 5.39. The summed E-state index contributed by atoms with van der Waals surface area (Å²) in [5.74, 6) is 0.403. The summed E-state index contributed by atoms with van der Waals surface area (Å²) in [6.45, 7) is 6.55. The van der Waals surface area contributed by atoms with Crippen molar-refractivity contribution in [1.82, 2.24) is 14.4 Å². The number of hydrogen-bond donors (Lipinski definition) is 0. The van der Waals surface area contributed by atoms with E-state index in [4.69, 9.17) is 0 Å². The highest BCUT2D eigenvalue weighted by molar-refractivity contribution is 5.81. The largest absolute Gasteiger partial charge is 0.341 e. The fourth-order valence-corrected chi connectivity index (χ4v) is 5.39. The number of carbonyl (C=O) groups is 1. The van der Waals surface area contributed by atoms with E-state index in [1.165, 1.54) is 33.3 Å². The summed E-state index contributed by atoms with van der Waals surface area (Å²) in [4.78, 5) is 17.5. The van der Waals surface area contributed by atoms with Gasteiger partial charge < -0.3 is 9.47 Å². The lowest BCUT2D eigenvalue weighted by Crippen LogP contribution is -2.41. The molecule has 1 amide bonds. The Kier molecular flexibility index (Phi) is 7.01. The molecule has 1 aliphatic rings. The van der Waals surface area contributed by atoms with Gasteiger partial charge in [0.05, 0.1) is 0 Å². The molecular weight excluding hydrogens is 430 g/mol. The Morgan fingerprint density at radius 3 is 2.34 bits per heavy atom. The summed E-state index contributed by atoms with van der Waals surface area (Å²) in [6.07, 6.45) is 1.85. The van der Waals surface area contributed by atoms with Crippen molar-refractivity contribution < 1.29 is 4.79 Å². The number of rotatable bonds is 7. The summed E-state index contributed by atoms with van der Waals surface area (Å²) in [5, 5.41) is 1.29. The number of benzene rings is 3. The van der Waals surface area contributed by atoms with E-state index in [2.05, 4.69) is 83.1 Å². The minimum absolute atomic E-state index is 0.123. The third-order valence-electron chi connectivity index (χ3n) is 7.28. The third-order valence-corrected chi connectivity index (χ3v) is 7.28. The lowest BCUT2D eigenvalue weighted by molar-refractivity contribution is -0.136. The van der Waals surface area contributed by atoms with Gasteiger partial charge in [0.1, 0.15) is 0 Å². The highest BCUT2D eigenvalue weighted by Gasteiger charge is 2.27. The van der Waals surface area contributed by atoms with Gasteiger partial charge in [-0.2, -0.15) is 0 Å². The van der Waals surface area contributed by atoms with Crippen LogP contribution in [0.15, 0.2) is 84.9 Å². The molecule has 0 N–H and O–H groups in total. The maximum absolute atomic E-state index is 13.1. The van der Waals surface area contributed by atoms with Gasteiger partial charge in [0.15, 0.2) is 0 Å². The summed E-state index contributed by atoms with van der Waals surface area (Å²) in [6, 6.07) is 30.1. The average molecular weight is 466 g/mol. The Bertz CT molecular complexity index is 1290. The summed E-state index contributed by atoms with van der Waals surface area (Å²) >= 11 is 0. The van der Waals surface area contributed by atoms with Gasteiger partial charge in [0.2, 0.25) is 5.91 Å². The van der Waals surface area contributed by atoms with Gasteiger partial charge in [0.25, 0.3) is 0 Å². The highest BCUT2D eigenvalue weighted by atomic mass is 16.2. The molecule has 0 radical (unpaired) electrons. The third kappa shape index (κ3) is 5.49. The molecule has 0 atom stereocenters. The van der Waals surface area contributed by atoms with Gasteiger partial charge in [0, 0.05) is 43.8 Å². The van der Waals surface area contributed by atoms with Gasteiger partial charge >= 0.3 is 0 Å². The van der Waals surface area contributed by atoms with Gasteiger partial charge in [-0.15, -0.1) is 0 Å². The summed E-state index contributed by atoms with van der Waals surface area (Å²) in [7, 11) is 1.94. The van der Waals surface area contributed by atoms with Gasteiger partial charge in [-0.3, -0.25) is 9.69 Å². The average Bonchev–Trinajstić information content (AvgIpc) is 3.21. The van der Waals surface area contributed by atoms with Crippen LogP contribution in [0.4, 0.5) is 0 Å². The molecule has 3 aromatic carbocycles. The number of aromatic nitrogens is 1. The Balaban J connectivity index is 1.25. The summed E-state index contributed by atoms with van der Waals surface area (Å²) in [5.41, 5.74) is 6.44. The van der Waals surface area contributed by atoms with Crippen LogP contribution in [0.1, 0.15) is 35.2 Å². The van der Waals surface area contributed by atoms with Crippen molar-refractivity contribution in [3.63, 3.8) is 0 Å². The van der Waals surface area contributed by atoms with Gasteiger partial charge in [-0.25, -0.2) is 0 Å². The Labute approximate surface area is 208 Å². The smallest absolute Gasteiger partial charge is 0.225 e. The monoisotopic (exact) mass is 465 g/mol. The number of para-hydroxylation sites is 1. The van der Waals surface area contributed by atoms with Crippen LogP contribution in [-0.4, -0.2) is 40.4 Å². The van der Waals surface area contributed by atoms with Gasteiger partial charge in [-0.1, -0.05) is 78.4 Å². The topological polar surface area (TPSA) is 28.5 Å². The van der Waals surface area contributed by atoms with E-state index in [1.807, 2.05) is 30.1 Å². The zero-order chi connectivity index (χ0) is 24.2. The number of carbonyl (C=O) groups excluding carboxylic acids is 1. The first kappa shape index (κ1) is 23.4. The van der Waals surface area contributed by atoms with Crippen molar-refractivity contribution in [3.05, 3.63) is 107 Å². The van der Waals surface area contributed by atoms with Crippen LogP contribution in [0.3, 0.4) is 0 Å². The van der Waals surface area contributed by atoms with E-state index < -0.39 is 0 Å². The van der Waals surface area contributed by atoms with Crippen LogP contribution < -0.4 is 0 Å². The van der Waals surface area contributed by atoms with Crippen molar-refractivity contribution in [3.8, 4) is 0 Å².